The van der Waals surface area contributed by atoms with Gasteiger partial charge in [0, 0.05) is 12.2 Å². The lowest BCUT2D eigenvalue weighted by Gasteiger charge is -2.23. The van der Waals surface area contributed by atoms with Gasteiger partial charge >= 0.3 is 0 Å². The number of benzene rings is 2. The molecule has 24 heavy (non-hydrogen) atoms. The van der Waals surface area contributed by atoms with Gasteiger partial charge in [0.1, 0.15) is 0 Å². The highest BCUT2D eigenvalue weighted by Crippen LogP contribution is 2.37. The molecule has 3 nitrogen and oxygen atoms in total. The lowest BCUT2D eigenvalue weighted by molar-refractivity contribution is -0.139. The summed E-state index contributed by atoms with van der Waals surface area (Å²) in [4.78, 5) is 25.3. The molecule has 2 aliphatic rings. The average molecular weight is 317 g/mol. The molecule has 0 N–H and O–H groups in total. The standard InChI is InChI=1S/C21H19NO2/c23-20-12-13-21(24)22(20)19-11-9-17-14-16(8-10-18(17)19)7-6-15-4-2-1-3-5-15/h1-5,8,10,12-14,19H,6-7,9,11H2/t19-/m0/s1. The second-order valence-corrected chi connectivity index (χ2v) is 6.45. The largest absolute Gasteiger partial charge is 0.269 e. The van der Waals surface area contributed by atoms with E-state index in [-0.39, 0.29) is 17.9 Å². The third-order valence-electron chi connectivity index (χ3n) is 4.95. The van der Waals surface area contributed by atoms with Crippen LogP contribution >= 0.6 is 0 Å². The van der Waals surface area contributed by atoms with Crippen LogP contribution in [-0.2, 0) is 28.9 Å². The molecule has 0 fully saturated rings. The fraction of sp³-hybridized carbons (Fsp3) is 0.238. The Morgan fingerprint density at radius 2 is 1.58 bits per heavy atom. The van der Waals surface area contributed by atoms with Crippen molar-refractivity contribution in [1.82, 2.24) is 4.90 Å². The first-order valence-electron chi connectivity index (χ1n) is 8.43. The first kappa shape index (κ1) is 14.9. The molecule has 2 aromatic carbocycles. The molecule has 1 heterocycles. The number of carbonyl (C=O) groups is 2. The maximum atomic E-state index is 11.9. The van der Waals surface area contributed by atoms with E-state index in [0.717, 1.165) is 31.2 Å². The molecular formula is C21H19NO2. The molecule has 0 bridgehead atoms. The van der Waals surface area contributed by atoms with Crippen LogP contribution in [0.25, 0.3) is 0 Å². The van der Waals surface area contributed by atoms with Gasteiger partial charge in [-0.1, -0.05) is 48.5 Å². The SMILES string of the molecule is O=C1C=CC(=O)N1[C@H]1CCc2cc(CCc3ccccc3)ccc21. The van der Waals surface area contributed by atoms with Crippen LogP contribution in [0.4, 0.5) is 0 Å². The third kappa shape index (κ3) is 2.67. The smallest absolute Gasteiger partial charge is 0.254 e. The maximum absolute atomic E-state index is 11.9. The van der Waals surface area contributed by atoms with Gasteiger partial charge in [-0.3, -0.25) is 14.5 Å². The van der Waals surface area contributed by atoms with E-state index < -0.39 is 0 Å². The van der Waals surface area contributed by atoms with Crippen molar-refractivity contribution in [1.29, 1.82) is 0 Å². The van der Waals surface area contributed by atoms with E-state index in [4.69, 9.17) is 0 Å². The summed E-state index contributed by atoms with van der Waals surface area (Å²) < 4.78 is 0. The molecule has 0 saturated heterocycles. The summed E-state index contributed by atoms with van der Waals surface area (Å²) in [5.74, 6) is -0.378. The van der Waals surface area contributed by atoms with Crippen molar-refractivity contribution in [3.8, 4) is 0 Å². The summed E-state index contributed by atoms with van der Waals surface area (Å²) in [5, 5.41) is 0. The minimum Gasteiger partial charge on any atom is -0.269 e. The molecule has 120 valence electrons. The van der Waals surface area contributed by atoms with E-state index in [1.54, 1.807) is 0 Å². The number of nitrogens with zero attached hydrogens (tertiary/aromatic N) is 1. The molecule has 4 rings (SSSR count). The van der Waals surface area contributed by atoms with Crippen molar-refractivity contribution in [3.05, 3.63) is 82.9 Å². The molecule has 2 aromatic rings. The lowest BCUT2D eigenvalue weighted by atomic mass is 9.99. The number of hydrogen-bond donors (Lipinski definition) is 0. The Hall–Kier alpha value is -2.68. The van der Waals surface area contributed by atoms with Crippen LogP contribution in [0.5, 0.6) is 0 Å². The Kier molecular flexibility index (Phi) is 3.77. The van der Waals surface area contributed by atoms with Crippen LogP contribution in [-0.4, -0.2) is 16.7 Å². The predicted octanol–water partition coefficient (Wildman–Crippen LogP) is 3.38. The summed E-state index contributed by atoms with van der Waals surface area (Å²) in [7, 11) is 0. The number of rotatable bonds is 4. The van der Waals surface area contributed by atoms with E-state index in [2.05, 4.69) is 42.5 Å². The topological polar surface area (TPSA) is 37.4 Å². The monoisotopic (exact) mass is 317 g/mol. The molecular weight excluding hydrogens is 298 g/mol. The third-order valence-corrected chi connectivity index (χ3v) is 4.95. The zero-order chi connectivity index (χ0) is 16.5. The molecule has 1 aliphatic carbocycles. The van der Waals surface area contributed by atoms with Crippen molar-refractivity contribution in [2.24, 2.45) is 0 Å². The Morgan fingerprint density at radius 1 is 0.875 bits per heavy atom. The number of amides is 2. The Morgan fingerprint density at radius 3 is 2.33 bits per heavy atom. The van der Waals surface area contributed by atoms with Gasteiger partial charge < -0.3 is 0 Å². The van der Waals surface area contributed by atoms with Gasteiger partial charge in [-0.15, -0.1) is 0 Å². The van der Waals surface area contributed by atoms with Gasteiger partial charge in [0.15, 0.2) is 0 Å². The normalized spacial score (nSPS) is 19.2. The van der Waals surface area contributed by atoms with Crippen molar-refractivity contribution in [2.75, 3.05) is 0 Å². The van der Waals surface area contributed by atoms with Gasteiger partial charge in [-0.05, 0) is 47.9 Å². The molecule has 2 amide bonds. The van der Waals surface area contributed by atoms with Crippen LogP contribution in [0.2, 0.25) is 0 Å². The number of aryl methyl sites for hydroxylation is 3. The molecule has 0 aromatic heterocycles. The Bertz CT molecular complexity index is 805. The molecule has 1 atom stereocenters. The second-order valence-electron chi connectivity index (χ2n) is 6.45. The van der Waals surface area contributed by atoms with Crippen molar-refractivity contribution in [2.45, 2.75) is 31.7 Å². The zero-order valence-electron chi connectivity index (χ0n) is 13.4. The van der Waals surface area contributed by atoms with Crippen LogP contribution in [0.1, 0.15) is 34.7 Å². The molecule has 0 radical (unpaired) electrons. The fourth-order valence-corrected chi connectivity index (χ4v) is 3.72. The number of carbonyl (C=O) groups excluding carboxylic acids is 2. The minimum absolute atomic E-state index is 0.0989. The summed E-state index contributed by atoms with van der Waals surface area (Å²) in [5.41, 5.74) is 5.06. The molecule has 3 heteroatoms. The second kappa shape index (κ2) is 6.08. The average Bonchev–Trinajstić information content (AvgIpc) is 3.16. The number of imide groups is 1. The van der Waals surface area contributed by atoms with E-state index in [0.29, 0.717) is 0 Å². The Balaban J connectivity index is 1.51. The van der Waals surface area contributed by atoms with Gasteiger partial charge in [0.05, 0.1) is 6.04 Å². The molecule has 1 aliphatic heterocycles. The zero-order valence-corrected chi connectivity index (χ0v) is 13.4. The maximum Gasteiger partial charge on any atom is 0.254 e. The highest BCUT2D eigenvalue weighted by molar-refractivity contribution is 6.13. The van der Waals surface area contributed by atoms with E-state index in [9.17, 15) is 9.59 Å². The molecule has 0 saturated carbocycles. The summed E-state index contributed by atoms with van der Waals surface area (Å²) in [6.07, 6.45) is 6.52. The molecule has 0 unspecified atom stereocenters. The van der Waals surface area contributed by atoms with Crippen molar-refractivity contribution >= 4 is 11.8 Å². The van der Waals surface area contributed by atoms with Gasteiger partial charge in [0.2, 0.25) is 0 Å². The summed E-state index contributed by atoms with van der Waals surface area (Å²) >= 11 is 0. The van der Waals surface area contributed by atoms with E-state index in [1.165, 1.54) is 33.7 Å². The van der Waals surface area contributed by atoms with Crippen LogP contribution in [0.15, 0.2) is 60.7 Å². The van der Waals surface area contributed by atoms with Crippen LogP contribution in [0.3, 0.4) is 0 Å². The molecule has 0 spiro atoms. The van der Waals surface area contributed by atoms with Gasteiger partial charge in [0.25, 0.3) is 11.8 Å². The number of hydrogen-bond acceptors (Lipinski definition) is 2. The fourth-order valence-electron chi connectivity index (χ4n) is 3.72. The lowest BCUT2D eigenvalue weighted by Crippen LogP contribution is -2.33. The van der Waals surface area contributed by atoms with Gasteiger partial charge in [-0.25, -0.2) is 0 Å². The minimum atomic E-state index is -0.189. The summed E-state index contributed by atoms with van der Waals surface area (Å²) in [6.45, 7) is 0. The first-order chi connectivity index (χ1) is 11.7. The highest BCUT2D eigenvalue weighted by Gasteiger charge is 2.36. The number of fused-ring (bicyclic) bond motifs is 1. The van der Waals surface area contributed by atoms with Crippen LogP contribution < -0.4 is 0 Å². The predicted molar refractivity (Wildman–Crippen MR) is 92.3 cm³/mol. The van der Waals surface area contributed by atoms with E-state index in [1.807, 2.05) is 6.07 Å². The quantitative estimate of drug-likeness (QED) is 0.811. The van der Waals surface area contributed by atoms with Crippen molar-refractivity contribution in [3.63, 3.8) is 0 Å². The van der Waals surface area contributed by atoms with Gasteiger partial charge in [-0.2, -0.15) is 0 Å². The van der Waals surface area contributed by atoms with Crippen molar-refractivity contribution < 1.29 is 9.59 Å². The van der Waals surface area contributed by atoms with Crippen LogP contribution in [0, 0.1) is 0 Å². The summed E-state index contributed by atoms with van der Waals surface area (Å²) in [6, 6.07) is 16.9. The van der Waals surface area contributed by atoms with E-state index >= 15 is 0 Å². The first-order valence-corrected chi connectivity index (χ1v) is 8.43. The highest BCUT2D eigenvalue weighted by atomic mass is 16.2. The Labute approximate surface area is 141 Å².